The number of amides is 1. The number of anilines is 1. The lowest BCUT2D eigenvalue weighted by Gasteiger charge is -2.16. The Morgan fingerprint density at radius 3 is 2.50 bits per heavy atom. The van der Waals surface area contributed by atoms with Crippen molar-refractivity contribution in [3.63, 3.8) is 0 Å². The van der Waals surface area contributed by atoms with E-state index in [1.807, 2.05) is 6.07 Å². The van der Waals surface area contributed by atoms with Crippen molar-refractivity contribution in [1.82, 2.24) is 9.97 Å². The lowest BCUT2D eigenvalue weighted by Crippen LogP contribution is -2.32. The number of para-hydroxylation sites is 2. The molecule has 132 valence electrons. The third-order valence-electron chi connectivity index (χ3n) is 3.68. The normalized spacial score (nSPS) is 11.8. The summed E-state index contributed by atoms with van der Waals surface area (Å²) in [4.78, 5) is 33.0. The van der Waals surface area contributed by atoms with E-state index in [1.54, 1.807) is 25.1 Å². The van der Waals surface area contributed by atoms with Gasteiger partial charge in [0.1, 0.15) is 5.82 Å². The average Bonchev–Trinajstić information content (AvgIpc) is 2.67. The van der Waals surface area contributed by atoms with E-state index in [0.29, 0.717) is 16.7 Å². The average molecular weight is 353 g/mol. The van der Waals surface area contributed by atoms with Gasteiger partial charge in [0.15, 0.2) is 11.8 Å². The van der Waals surface area contributed by atoms with E-state index in [2.05, 4.69) is 15.3 Å². The van der Waals surface area contributed by atoms with E-state index in [0.717, 1.165) is 0 Å². The number of hydrogen-bond acceptors (Lipinski definition) is 5. The minimum atomic E-state index is -0.999. The number of fused-ring (bicyclic) bond motifs is 1. The minimum absolute atomic E-state index is 0.0248. The summed E-state index contributed by atoms with van der Waals surface area (Å²) in [5.41, 5.74) is 1.66. The summed E-state index contributed by atoms with van der Waals surface area (Å²) in [5, 5.41) is 2.59. The molecule has 0 saturated carbocycles. The molecule has 0 radical (unpaired) electrons. The maximum atomic E-state index is 12.9. The van der Waals surface area contributed by atoms with Crippen molar-refractivity contribution in [2.45, 2.75) is 19.4 Å². The van der Waals surface area contributed by atoms with Gasteiger partial charge in [0, 0.05) is 5.69 Å². The summed E-state index contributed by atoms with van der Waals surface area (Å²) < 4.78 is 18.2. The van der Waals surface area contributed by atoms with Crippen molar-refractivity contribution in [3.8, 4) is 0 Å². The first-order chi connectivity index (χ1) is 12.6. The van der Waals surface area contributed by atoms with Gasteiger partial charge < -0.3 is 10.1 Å². The van der Waals surface area contributed by atoms with Gasteiger partial charge in [-0.2, -0.15) is 0 Å². The third-order valence-corrected chi connectivity index (χ3v) is 3.68. The van der Waals surface area contributed by atoms with Crippen LogP contribution in [-0.2, 0) is 9.53 Å². The molecule has 1 amide bonds. The van der Waals surface area contributed by atoms with Crippen LogP contribution < -0.4 is 5.32 Å². The van der Waals surface area contributed by atoms with E-state index in [9.17, 15) is 14.0 Å². The standard InChI is InChI=1S/C19H16FN3O3/c1-2-17(18(24)22-13-9-7-12(20)8-10-13)26-19(25)16-11-21-14-5-3-4-6-15(14)23-16/h3-11,17H,2H2,1H3,(H,22,24). The van der Waals surface area contributed by atoms with Crippen LogP contribution >= 0.6 is 0 Å². The van der Waals surface area contributed by atoms with Gasteiger partial charge in [0.25, 0.3) is 5.91 Å². The van der Waals surface area contributed by atoms with Crippen LogP contribution in [0.15, 0.2) is 54.7 Å². The zero-order valence-electron chi connectivity index (χ0n) is 14.0. The molecule has 3 rings (SSSR count). The Labute approximate surface area is 149 Å². The molecule has 1 N–H and O–H groups in total. The van der Waals surface area contributed by atoms with Gasteiger partial charge in [0.2, 0.25) is 0 Å². The topological polar surface area (TPSA) is 81.2 Å². The predicted octanol–water partition coefficient (Wildman–Crippen LogP) is 3.34. The molecule has 26 heavy (non-hydrogen) atoms. The Bertz CT molecular complexity index is 944. The first-order valence-corrected chi connectivity index (χ1v) is 8.06. The van der Waals surface area contributed by atoms with Crippen molar-refractivity contribution in [1.29, 1.82) is 0 Å². The highest BCUT2D eigenvalue weighted by Crippen LogP contribution is 2.13. The largest absolute Gasteiger partial charge is 0.447 e. The van der Waals surface area contributed by atoms with Crippen molar-refractivity contribution in [2.24, 2.45) is 0 Å². The molecule has 7 heteroatoms. The predicted molar refractivity (Wildman–Crippen MR) is 94.1 cm³/mol. The van der Waals surface area contributed by atoms with Crippen LogP contribution in [-0.4, -0.2) is 27.9 Å². The first kappa shape index (κ1) is 17.5. The molecule has 0 saturated heterocycles. The second-order valence-electron chi connectivity index (χ2n) is 5.54. The molecule has 0 spiro atoms. The van der Waals surface area contributed by atoms with E-state index in [-0.39, 0.29) is 12.1 Å². The van der Waals surface area contributed by atoms with Crippen LogP contribution in [0.3, 0.4) is 0 Å². The highest BCUT2D eigenvalue weighted by molar-refractivity contribution is 5.97. The lowest BCUT2D eigenvalue weighted by molar-refractivity contribution is -0.124. The molecule has 0 bridgehead atoms. The number of carbonyl (C=O) groups excluding carboxylic acids is 2. The highest BCUT2D eigenvalue weighted by atomic mass is 19.1. The fraction of sp³-hybridized carbons (Fsp3) is 0.158. The molecule has 0 aliphatic rings. The Balaban J connectivity index is 1.70. The number of hydrogen-bond donors (Lipinski definition) is 1. The van der Waals surface area contributed by atoms with E-state index >= 15 is 0 Å². The molecule has 2 aromatic carbocycles. The molecule has 0 aliphatic carbocycles. The molecule has 1 atom stereocenters. The number of benzene rings is 2. The van der Waals surface area contributed by atoms with Crippen molar-refractivity contribution in [2.75, 3.05) is 5.32 Å². The second kappa shape index (κ2) is 7.69. The Morgan fingerprint density at radius 1 is 1.12 bits per heavy atom. The molecule has 1 heterocycles. The molecule has 6 nitrogen and oxygen atoms in total. The van der Waals surface area contributed by atoms with Gasteiger partial charge in [-0.3, -0.25) is 9.78 Å². The minimum Gasteiger partial charge on any atom is -0.447 e. The summed E-state index contributed by atoms with van der Waals surface area (Å²) >= 11 is 0. The maximum absolute atomic E-state index is 12.9. The van der Waals surface area contributed by atoms with Crippen LogP contribution in [0.4, 0.5) is 10.1 Å². The monoisotopic (exact) mass is 353 g/mol. The number of esters is 1. The first-order valence-electron chi connectivity index (χ1n) is 8.06. The number of carbonyl (C=O) groups is 2. The van der Waals surface area contributed by atoms with Crippen LogP contribution in [0.25, 0.3) is 11.0 Å². The Kier molecular flexibility index (Phi) is 5.17. The number of aromatic nitrogens is 2. The molecule has 1 aromatic heterocycles. The quantitative estimate of drug-likeness (QED) is 0.712. The molecule has 0 aliphatic heterocycles. The van der Waals surface area contributed by atoms with Crippen LogP contribution in [0.5, 0.6) is 0 Å². The summed E-state index contributed by atoms with van der Waals surface area (Å²) in [6.07, 6.45) is 0.593. The molecule has 0 fully saturated rings. The maximum Gasteiger partial charge on any atom is 0.359 e. The number of nitrogens with one attached hydrogen (secondary N) is 1. The molecule has 3 aromatic rings. The van der Waals surface area contributed by atoms with Crippen molar-refractivity contribution < 1.29 is 18.7 Å². The third kappa shape index (κ3) is 4.00. The van der Waals surface area contributed by atoms with Crippen molar-refractivity contribution in [3.05, 3.63) is 66.2 Å². The van der Waals surface area contributed by atoms with Crippen molar-refractivity contribution >= 4 is 28.6 Å². The fourth-order valence-electron chi connectivity index (χ4n) is 2.32. The summed E-state index contributed by atoms with van der Waals surface area (Å²) in [6.45, 7) is 1.72. The number of rotatable bonds is 5. The smallest absolute Gasteiger partial charge is 0.359 e. The highest BCUT2D eigenvalue weighted by Gasteiger charge is 2.23. The molecular formula is C19H16FN3O3. The zero-order chi connectivity index (χ0) is 18.5. The van der Waals surface area contributed by atoms with Gasteiger partial charge in [-0.15, -0.1) is 0 Å². The SMILES string of the molecule is CCC(OC(=O)c1cnc2ccccc2n1)C(=O)Nc1ccc(F)cc1. The van der Waals surface area contributed by atoms with E-state index in [4.69, 9.17) is 4.74 Å². The van der Waals surface area contributed by atoms with Gasteiger partial charge in [0.05, 0.1) is 17.2 Å². The number of ether oxygens (including phenoxy) is 1. The van der Waals surface area contributed by atoms with Crippen LogP contribution in [0, 0.1) is 5.82 Å². The number of halogens is 1. The van der Waals surface area contributed by atoms with E-state index < -0.39 is 23.8 Å². The Morgan fingerprint density at radius 2 is 1.81 bits per heavy atom. The second-order valence-corrected chi connectivity index (χ2v) is 5.54. The van der Waals surface area contributed by atoms with E-state index in [1.165, 1.54) is 30.5 Å². The fourth-order valence-corrected chi connectivity index (χ4v) is 2.32. The summed E-state index contributed by atoms with van der Waals surface area (Å²) in [7, 11) is 0. The number of nitrogens with zero attached hydrogens (tertiary/aromatic N) is 2. The van der Waals surface area contributed by atoms with Gasteiger partial charge in [-0.1, -0.05) is 19.1 Å². The molecule has 1 unspecified atom stereocenters. The summed E-state index contributed by atoms with van der Waals surface area (Å²) in [5.74, 6) is -1.64. The Hall–Kier alpha value is -3.35. The zero-order valence-corrected chi connectivity index (χ0v) is 14.0. The van der Waals surface area contributed by atoms with Gasteiger partial charge >= 0.3 is 5.97 Å². The van der Waals surface area contributed by atoms with Gasteiger partial charge in [-0.05, 0) is 42.8 Å². The van der Waals surface area contributed by atoms with Crippen LogP contribution in [0.2, 0.25) is 0 Å². The summed E-state index contributed by atoms with van der Waals surface area (Å²) in [6, 6.07) is 12.4. The van der Waals surface area contributed by atoms with Crippen LogP contribution in [0.1, 0.15) is 23.8 Å². The van der Waals surface area contributed by atoms with Gasteiger partial charge in [-0.25, -0.2) is 14.2 Å². The molecular weight excluding hydrogens is 337 g/mol. The lowest BCUT2D eigenvalue weighted by atomic mass is 10.2.